The van der Waals surface area contributed by atoms with Crippen molar-refractivity contribution >= 4 is 52.8 Å². The highest BCUT2D eigenvalue weighted by Crippen LogP contribution is 2.39. The standard InChI is InChI=1S/C31H31Cl2NO6S/c1-17-12-20(13-18(2)28(17)40-31(3,4)29(36)37)23-15-34(30(38)39-21-8-11-25(32)26(33)14-21)16-24(23)27(35)19-6-9-22(41-5)10-7-19/h6-14,23-24H,15-16H2,1-5H3,(H,36,37)/t23-,24+/m0/s1. The summed E-state index contributed by atoms with van der Waals surface area (Å²) in [5.74, 6) is -1.29. The Hall–Kier alpha value is -3.20. The van der Waals surface area contributed by atoms with Gasteiger partial charge in [0.25, 0.3) is 0 Å². The van der Waals surface area contributed by atoms with Crippen LogP contribution in [0.5, 0.6) is 11.5 Å². The number of hydrogen-bond acceptors (Lipinski definition) is 6. The zero-order chi connectivity index (χ0) is 30.1. The molecule has 1 saturated heterocycles. The van der Waals surface area contributed by atoms with Crippen LogP contribution >= 0.6 is 35.0 Å². The number of benzene rings is 3. The second-order valence-electron chi connectivity index (χ2n) is 10.6. The first kappa shape index (κ1) is 30.8. The number of carboxylic acid groups (broad SMARTS) is 1. The van der Waals surface area contributed by atoms with Gasteiger partial charge in [-0.1, -0.05) is 47.5 Å². The van der Waals surface area contributed by atoms with Crippen molar-refractivity contribution in [3.8, 4) is 11.5 Å². The van der Waals surface area contributed by atoms with Gasteiger partial charge in [0.05, 0.1) is 10.0 Å². The van der Waals surface area contributed by atoms with Crippen LogP contribution in [0.1, 0.15) is 46.8 Å². The number of carbonyl (C=O) groups is 3. The highest BCUT2D eigenvalue weighted by molar-refractivity contribution is 7.98. The molecule has 1 N–H and O–H groups in total. The molecule has 0 saturated carbocycles. The molecule has 1 amide bonds. The summed E-state index contributed by atoms with van der Waals surface area (Å²) in [5, 5.41) is 10.1. The van der Waals surface area contributed by atoms with Crippen molar-refractivity contribution in [3.05, 3.63) is 86.9 Å². The number of likely N-dealkylation sites (tertiary alicyclic amines) is 1. The van der Waals surface area contributed by atoms with Gasteiger partial charge in [-0.05, 0) is 74.9 Å². The number of carbonyl (C=O) groups excluding carboxylic acids is 2. The molecule has 2 atom stereocenters. The van der Waals surface area contributed by atoms with E-state index in [0.717, 1.165) is 21.6 Å². The molecule has 0 bridgehead atoms. The minimum Gasteiger partial charge on any atom is -0.478 e. The lowest BCUT2D eigenvalue weighted by Gasteiger charge is -2.26. The third-order valence-corrected chi connectivity index (χ3v) is 8.65. The van der Waals surface area contributed by atoms with Crippen LogP contribution in [0.3, 0.4) is 0 Å². The molecule has 0 radical (unpaired) electrons. The van der Waals surface area contributed by atoms with Gasteiger partial charge in [0.1, 0.15) is 11.5 Å². The van der Waals surface area contributed by atoms with Crippen molar-refractivity contribution in [3.63, 3.8) is 0 Å². The number of Topliss-reactive ketones (excluding diaryl/α,β-unsaturated/α-hetero) is 1. The van der Waals surface area contributed by atoms with Gasteiger partial charge < -0.3 is 19.5 Å². The van der Waals surface area contributed by atoms with Crippen LogP contribution in [-0.4, -0.2) is 52.8 Å². The van der Waals surface area contributed by atoms with E-state index >= 15 is 0 Å². The maximum Gasteiger partial charge on any atom is 0.415 e. The molecule has 4 rings (SSSR count). The van der Waals surface area contributed by atoms with Crippen LogP contribution in [-0.2, 0) is 4.79 Å². The fraction of sp³-hybridized carbons (Fsp3) is 0.323. The molecule has 1 heterocycles. The summed E-state index contributed by atoms with van der Waals surface area (Å²) >= 11 is 13.7. The number of halogens is 2. The molecule has 7 nitrogen and oxygen atoms in total. The average Bonchev–Trinajstić information content (AvgIpc) is 3.38. The molecule has 10 heteroatoms. The van der Waals surface area contributed by atoms with E-state index in [0.29, 0.717) is 16.3 Å². The van der Waals surface area contributed by atoms with Crippen molar-refractivity contribution in [2.45, 2.75) is 44.1 Å². The first-order chi connectivity index (χ1) is 19.3. The molecule has 0 spiro atoms. The van der Waals surface area contributed by atoms with Crippen LogP contribution in [0.25, 0.3) is 0 Å². The zero-order valence-corrected chi connectivity index (χ0v) is 25.7. The average molecular weight is 617 g/mol. The van der Waals surface area contributed by atoms with E-state index in [9.17, 15) is 19.5 Å². The van der Waals surface area contributed by atoms with Gasteiger partial charge in [0, 0.05) is 41.5 Å². The molecular formula is C31H31Cl2NO6S. The Morgan fingerprint density at radius 3 is 2.15 bits per heavy atom. The molecule has 0 aromatic heterocycles. The summed E-state index contributed by atoms with van der Waals surface area (Å²) in [4.78, 5) is 41.3. The van der Waals surface area contributed by atoms with Crippen LogP contribution in [0.2, 0.25) is 10.0 Å². The van der Waals surface area contributed by atoms with E-state index in [-0.39, 0.29) is 35.6 Å². The van der Waals surface area contributed by atoms with Gasteiger partial charge in [-0.2, -0.15) is 0 Å². The number of thioether (sulfide) groups is 1. The second-order valence-corrected chi connectivity index (χ2v) is 12.3. The van der Waals surface area contributed by atoms with Gasteiger partial charge >= 0.3 is 12.1 Å². The van der Waals surface area contributed by atoms with E-state index in [2.05, 4.69) is 0 Å². The highest BCUT2D eigenvalue weighted by atomic mass is 35.5. The van der Waals surface area contributed by atoms with Gasteiger partial charge in [0.15, 0.2) is 11.4 Å². The number of nitrogens with zero attached hydrogens (tertiary/aromatic N) is 1. The molecule has 1 fully saturated rings. The first-order valence-electron chi connectivity index (χ1n) is 12.9. The number of aryl methyl sites for hydroxylation is 2. The maximum absolute atomic E-state index is 13.8. The van der Waals surface area contributed by atoms with Crippen molar-refractivity contribution in [2.24, 2.45) is 5.92 Å². The smallest absolute Gasteiger partial charge is 0.415 e. The molecule has 0 unspecified atom stereocenters. The topological polar surface area (TPSA) is 93.1 Å². The minimum absolute atomic E-state index is 0.0740. The molecular weight excluding hydrogens is 585 g/mol. The van der Waals surface area contributed by atoms with Crippen molar-refractivity contribution < 1.29 is 29.0 Å². The molecule has 3 aromatic rings. The number of ether oxygens (including phenoxy) is 2. The fourth-order valence-corrected chi connectivity index (χ4v) is 5.59. The lowest BCUT2D eigenvalue weighted by atomic mass is 9.82. The van der Waals surface area contributed by atoms with Crippen LogP contribution in [0.15, 0.2) is 59.5 Å². The lowest BCUT2D eigenvalue weighted by molar-refractivity contribution is -0.152. The number of carboxylic acids is 1. The summed E-state index contributed by atoms with van der Waals surface area (Å²) in [6.45, 7) is 7.08. The Balaban J connectivity index is 1.67. The van der Waals surface area contributed by atoms with Crippen LogP contribution in [0.4, 0.5) is 4.79 Å². The highest BCUT2D eigenvalue weighted by Gasteiger charge is 2.42. The van der Waals surface area contributed by atoms with Gasteiger partial charge in [-0.3, -0.25) is 4.79 Å². The van der Waals surface area contributed by atoms with Gasteiger partial charge in [0.2, 0.25) is 0 Å². The third kappa shape index (κ3) is 6.83. The maximum atomic E-state index is 13.8. The van der Waals surface area contributed by atoms with E-state index in [4.69, 9.17) is 32.7 Å². The molecule has 41 heavy (non-hydrogen) atoms. The minimum atomic E-state index is -1.42. The molecule has 3 aromatic carbocycles. The number of amides is 1. The zero-order valence-electron chi connectivity index (χ0n) is 23.4. The normalized spacial score (nSPS) is 16.9. The van der Waals surface area contributed by atoms with E-state index < -0.39 is 23.6 Å². The largest absolute Gasteiger partial charge is 0.478 e. The Morgan fingerprint density at radius 1 is 0.951 bits per heavy atom. The predicted molar refractivity (Wildman–Crippen MR) is 161 cm³/mol. The van der Waals surface area contributed by atoms with E-state index in [1.54, 1.807) is 23.9 Å². The molecule has 1 aliphatic heterocycles. The van der Waals surface area contributed by atoms with E-state index in [1.807, 2.05) is 56.5 Å². The first-order valence-corrected chi connectivity index (χ1v) is 14.9. The summed E-state index contributed by atoms with van der Waals surface area (Å²) in [6.07, 6.45) is 1.37. The van der Waals surface area contributed by atoms with E-state index in [1.165, 1.54) is 24.8 Å². The summed E-state index contributed by atoms with van der Waals surface area (Å²) in [5.41, 5.74) is 1.47. The second kappa shape index (κ2) is 12.3. The number of aliphatic carboxylic acids is 1. The summed E-state index contributed by atoms with van der Waals surface area (Å²) in [6, 6.07) is 15.8. The molecule has 1 aliphatic rings. The quantitative estimate of drug-likeness (QED) is 0.205. The fourth-order valence-electron chi connectivity index (χ4n) is 4.89. The Bertz CT molecular complexity index is 1470. The number of ketones is 1. The summed E-state index contributed by atoms with van der Waals surface area (Å²) in [7, 11) is 0. The predicted octanol–water partition coefficient (Wildman–Crippen LogP) is 7.67. The van der Waals surface area contributed by atoms with Gasteiger partial charge in [-0.15, -0.1) is 11.8 Å². The Labute approximate surface area is 253 Å². The Kier molecular flexibility index (Phi) is 9.26. The monoisotopic (exact) mass is 615 g/mol. The number of hydrogen-bond donors (Lipinski definition) is 1. The van der Waals surface area contributed by atoms with Crippen molar-refractivity contribution in [2.75, 3.05) is 19.3 Å². The van der Waals surface area contributed by atoms with Crippen molar-refractivity contribution in [1.29, 1.82) is 0 Å². The summed E-state index contributed by atoms with van der Waals surface area (Å²) < 4.78 is 11.5. The number of rotatable bonds is 8. The Morgan fingerprint density at radius 2 is 1.59 bits per heavy atom. The van der Waals surface area contributed by atoms with Gasteiger partial charge in [-0.25, -0.2) is 9.59 Å². The molecule has 0 aliphatic carbocycles. The van der Waals surface area contributed by atoms with Crippen LogP contribution in [0, 0.1) is 19.8 Å². The third-order valence-electron chi connectivity index (χ3n) is 7.17. The van der Waals surface area contributed by atoms with Crippen molar-refractivity contribution in [1.82, 2.24) is 4.90 Å². The SMILES string of the molecule is CSc1ccc(C(=O)[C@@H]2CN(C(=O)Oc3ccc(Cl)c(Cl)c3)C[C@H]2c2cc(C)c(OC(C)(C)C(=O)O)c(C)c2)cc1. The van der Waals surface area contributed by atoms with Crippen LogP contribution < -0.4 is 9.47 Å². The molecule has 216 valence electrons. The lowest BCUT2D eigenvalue weighted by Crippen LogP contribution is -2.38.